The van der Waals surface area contributed by atoms with Crippen molar-refractivity contribution in [3.05, 3.63) is 17.5 Å². The van der Waals surface area contributed by atoms with Gasteiger partial charge in [-0.05, 0) is 53.0 Å². The van der Waals surface area contributed by atoms with Gasteiger partial charge in [-0.2, -0.15) is 5.10 Å². The van der Waals surface area contributed by atoms with E-state index in [-0.39, 0.29) is 6.03 Å². The first kappa shape index (κ1) is 17.8. The number of likely N-dealkylation sites (tertiary alicyclic amines) is 1. The van der Waals surface area contributed by atoms with Crippen molar-refractivity contribution in [1.82, 2.24) is 25.3 Å². The molecule has 1 fully saturated rings. The van der Waals surface area contributed by atoms with Crippen LogP contribution >= 0.6 is 0 Å². The summed E-state index contributed by atoms with van der Waals surface area (Å²) in [5, 5.41) is 10.5. The SMILES string of the molecule is Cc1cc(C)n(CCCNC(=O)NC2CCN(C(C)C)CC2)n1. The van der Waals surface area contributed by atoms with Gasteiger partial charge in [0.2, 0.25) is 0 Å². The molecule has 0 unspecified atom stereocenters. The van der Waals surface area contributed by atoms with Gasteiger partial charge >= 0.3 is 6.03 Å². The molecule has 1 aliphatic rings. The van der Waals surface area contributed by atoms with Crippen molar-refractivity contribution < 1.29 is 4.79 Å². The number of hydrogen-bond donors (Lipinski definition) is 2. The summed E-state index contributed by atoms with van der Waals surface area (Å²) in [7, 11) is 0. The Hall–Kier alpha value is -1.56. The second-order valence-electron chi connectivity index (χ2n) is 6.81. The molecule has 0 aliphatic carbocycles. The average Bonchev–Trinajstić information content (AvgIpc) is 2.82. The molecule has 1 saturated heterocycles. The second-order valence-corrected chi connectivity index (χ2v) is 6.81. The molecule has 2 heterocycles. The maximum Gasteiger partial charge on any atom is 0.315 e. The minimum absolute atomic E-state index is 0.0404. The van der Waals surface area contributed by atoms with Crippen LogP contribution in [-0.2, 0) is 6.54 Å². The van der Waals surface area contributed by atoms with E-state index in [1.54, 1.807) is 0 Å². The zero-order valence-electron chi connectivity index (χ0n) is 14.9. The summed E-state index contributed by atoms with van der Waals surface area (Å²) in [4.78, 5) is 14.4. The van der Waals surface area contributed by atoms with Gasteiger partial charge in [0.05, 0.1) is 5.69 Å². The van der Waals surface area contributed by atoms with E-state index in [4.69, 9.17) is 0 Å². The summed E-state index contributed by atoms with van der Waals surface area (Å²) >= 11 is 0. The topological polar surface area (TPSA) is 62.2 Å². The molecular formula is C17H31N5O. The Kier molecular flexibility index (Phi) is 6.45. The maximum absolute atomic E-state index is 12.0. The first-order valence-corrected chi connectivity index (χ1v) is 8.75. The van der Waals surface area contributed by atoms with E-state index in [2.05, 4.69) is 47.5 Å². The summed E-state index contributed by atoms with van der Waals surface area (Å²) in [5.74, 6) is 0. The summed E-state index contributed by atoms with van der Waals surface area (Å²) in [6.07, 6.45) is 2.97. The van der Waals surface area contributed by atoms with Crippen LogP contribution < -0.4 is 10.6 Å². The zero-order chi connectivity index (χ0) is 16.8. The Labute approximate surface area is 139 Å². The Morgan fingerprint density at radius 1 is 1.35 bits per heavy atom. The van der Waals surface area contributed by atoms with Gasteiger partial charge in [0, 0.05) is 44.0 Å². The molecule has 0 radical (unpaired) electrons. The summed E-state index contributed by atoms with van der Waals surface area (Å²) in [6.45, 7) is 12.2. The fourth-order valence-corrected chi connectivity index (χ4v) is 3.13. The molecule has 6 heteroatoms. The number of nitrogens with zero attached hydrogens (tertiary/aromatic N) is 3. The number of aryl methyl sites for hydroxylation is 3. The highest BCUT2D eigenvalue weighted by molar-refractivity contribution is 5.74. The molecule has 2 rings (SSSR count). The average molecular weight is 321 g/mol. The third kappa shape index (κ3) is 5.53. The number of urea groups is 1. The molecule has 2 amide bonds. The lowest BCUT2D eigenvalue weighted by Crippen LogP contribution is -2.49. The van der Waals surface area contributed by atoms with E-state index in [0.717, 1.165) is 44.6 Å². The van der Waals surface area contributed by atoms with Gasteiger partial charge in [0.1, 0.15) is 0 Å². The van der Waals surface area contributed by atoms with Crippen LogP contribution in [0, 0.1) is 13.8 Å². The van der Waals surface area contributed by atoms with Crippen LogP contribution in [0.4, 0.5) is 4.79 Å². The predicted molar refractivity (Wildman–Crippen MR) is 92.6 cm³/mol. The van der Waals surface area contributed by atoms with Gasteiger partial charge in [-0.25, -0.2) is 4.79 Å². The molecule has 2 N–H and O–H groups in total. The van der Waals surface area contributed by atoms with Gasteiger partial charge < -0.3 is 15.5 Å². The summed E-state index contributed by atoms with van der Waals surface area (Å²) in [5.41, 5.74) is 2.21. The van der Waals surface area contributed by atoms with Crippen LogP contribution in [0.3, 0.4) is 0 Å². The second kappa shape index (κ2) is 8.34. The zero-order valence-corrected chi connectivity index (χ0v) is 14.9. The number of aromatic nitrogens is 2. The normalized spacial score (nSPS) is 16.7. The van der Waals surface area contributed by atoms with Crippen LogP contribution in [0.5, 0.6) is 0 Å². The number of piperidine rings is 1. The van der Waals surface area contributed by atoms with E-state index >= 15 is 0 Å². The van der Waals surface area contributed by atoms with Gasteiger partial charge in [-0.3, -0.25) is 4.68 Å². The van der Waals surface area contributed by atoms with Crippen molar-refractivity contribution >= 4 is 6.03 Å². The molecule has 23 heavy (non-hydrogen) atoms. The Morgan fingerprint density at radius 3 is 2.61 bits per heavy atom. The molecule has 6 nitrogen and oxygen atoms in total. The Bertz CT molecular complexity index is 503. The molecule has 130 valence electrons. The number of rotatable bonds is 6. The minimum atomic E-state index is -0.0404. The Balaban J connectivity index is 1.60. The van der Waals surface area contributed by atoms with Gasteiger partial charge in [0.15, 0.2) is 0 Å². The lowest BCUT2D eigenvalue weighted by molar-refractivity contribution is 0.161. The van der Waals surface area contributed by atoms with E-state index in [1.807, 2.05) is 11.6 Å². The minimum Gasteiger partial charge on any atom is -0.338 e. The van der Waals surface area contributed by atoms with Crippen molar-refractivity contribution in [3.63, 3.8) is 0 Å². The smallest absolute Gasteiger partial charge is 0.315 e. The molecule has 0 saturated carbocycles. The fourth-order valence-electron chi connectivity index (χ4n) is 3.13. The van der Waals surface area contributed by atoms with Gasteiger partial charge in [-0.1, -0.05) is 0 Å². The number of carbonyl (C=O) groups excluding carboxylic acids is 1. The van der Waals surface area contributed by atoms with Crippen LogP contribution in [0.2, 0.25) is 0 Å². The monoisotopic (exact) mass is 321 g/mol. The summed E-state index contributed by atoms with van der Waals surface area (Å²) in [6, 6.07) is 2.94. The first-order valence-electron chi connectivity index (χ1n) is 8.75. The highest BCUT2D eigenvalue weighted by atomic mass is 16.2. The van der Waals surface area contributed by atoms with Crippen molar-refractivity contribution in [2.75, 3.05) is 19.6 Å². The van der Waals surface area contributed by atoms with E-state index in [9.17, 15) is 4.79 Å². The van der Waals surface area contributed by atoms with Crippen molar-refractivity contribution in [2.45, 2.75) is 65.6 Å². The lowest BCUT2D eigenvalue weighted by atomic mass is 10.0. The molecule has 1 aromatic rings. The number of amides is 2. The van der Waals surface area contributed by atoms with Crippen LogP contribution in [0.15, 0.2) is 6.07 Å². The van der Waals surface area contributed by atoms with Gasteiger partial charge in [0.25, 0.3) is 0 Å². The molecule has 1 aromatic heterocycles. The molecule has 0 spiro atoms. The molecule has 0 bridgehead atoms. The highest BCUT2D eigenvalue weighted by Crippen LogP contribution is 2.12. The van der Waals surface area contributed by atoms with E-state index in [1.165, 1.54) is 5.69 Å². The Morgan fingerprint density at radius 2 is 2.04 bits per heavy atom. The number of hydrogen-bond acceptors (Lipinski definition) is 3. The molecular weight excluding hydrogens is 290 g/mol. The summed E-state index contributed by atoms with van der Waals surface area (Å²) < 4.78 is 2.00. The fraction of sp³-hybridized carbons (Fsp3) is 0.765. The van der Waals surface area contributed by atoms with E-state index in [0.29, 0.717) is 18.6 Å². The number of carbonyl (C=O) groups is 1. The number of nitrogens with one attached hydrogen (secondary N) is 2. The van der Waals surface area contributed by atoms with Crippen molar-refractivity contribution in [2.24, 2.45) is 0 Å². The van der Waals surface area contributed by atoms with Crippen LogP contribution in [0.25, 0.3) is 0 Å². The third-order valence-electron chi connectivity index (χ3n) is 4.53. The molecule has 0 atom stereocenters. The highest BCUT2D eigenvalue weighted by Gasteiger charge is 2.21. The van der Waals surface area contributed by atoms with Crippen molar-refractivity contribution in [3.8, 4) is 0 Å². The van der Waals surface area contributed by atoms with Crippen molar-refractivity contribution in [1.29, 1.82) is 0 Å². The first-order chi connectivity index (χ1) is 11.0. The maximum atomic E-state index is 12.0. The predicted octanol–water partition coefficient (Wildman–Crippen LogP) is 2.06. The molecule has 1 aliphatic heterocycles. The lowest BCUT2D eigenvalue weighted by Gasteiger charge is -2.34. The standard InChI is InChI=1S/C17H31N5O/c1-13(2)21-10-6-16(7-11-21)19-17(23)18-8-5-9-22-15(4)12-14(3)20-22/h12-13,16H,5-11H2,1-4H3,(H2,18,19,23). The quantitative estimate of drug-likeness (QED) is 0.789. The molecule has 0 aromatic carbocycles. The van der Waals surface area contributed by atoms with E-state index < -0.39 is 0 Å². The van der Waals surface area contributed by atoms with Crippen LogP contribution in [0.1, 0.15) is 44.5 Å². The third-order valence-corrected chi connectivity index (χ3v) is 4.53. The van der Waals surface area contributed by atoms with Gasteiger partial charge in [-0.15, -0.1) is 0 Å². The largest absolute Gasteiger partial charge is 0.338 e. The van der Waals surface area contributed by atoms with Crippen LogP contribution in [-0.4, -0.2) is 52.4 Å².